The van der Waals surface area contributed by atoms with Gasteiger partial charge in [0, 0.05) is 36.5 Å². The molecule has 0 amide bonds. The van der Waals surface area contributed by atoms with Crippen LogP contribution in [0, 0.1) is 0 Å². The van der Waals surface area contributed by atoms with Crippen molar-refractivity contribution in [2.24, 2.45) is 0 Å². The standard InChI is InChI=1S/C16H14N4O3/c21-16(22)14-10-20(9-12-3-1-5-17-7-12)19-15(14)23-11-13-4-2-6-18-8-13/h1-8,10H,9,11H2,(H,21,22). The lowest BCUT2D eigenvalue weighted by molar-refractivity contribution is 0.0691. The van der Waals surface area contributed by atoms with Gasteiger partial charge in [0.05, 0.1) is 6.54 Å². The molecule has 0 unspecified atom stereocenters. The van der Waals surface area contributed by atoms with Crippen molar-refractivity contribution >= 4 is 5.97 Å². The van der Waals surface area contributed by atoms with Crippen LogP contribution >= 0.6 is 0 Å². The molecule has 1 N–H and O–H groups in total. The smallest absolute Gasteiger partial charge is 0.342 e. The Morgan fingerprint density at radius 2 is 1.83 bits per heavy atom. The first-order valence-corrected chi connectivity index (χ1v) is 6.94. The normalized spacial score (nSPS) is 10.4. The Hall–Kier alpha value is -3.22. The number of aromatic nitrogens is 4. The van der Waals surface area contributed by atoms with Crippen molar-refractivity contribution in [2.75, 3.05) is 0 Å². The van der Waals surface area contributed by atoms with Crippen molar-refractivity contribution in [3.63, 3.8) is 0 Å². The topological polar surface area (TPSA) is 90.1 Å². The van der Waals surface area contributed by atoms with Gasteiger partial charge in [-0.3, -0.25) is 14.6 Å². The molecule has 7 nitrogen and oxygen atoms in total. The van der Waals surface area contributed by atoms with Gasteiger partial charge >= 0.3 is 5.97 Å². The van der Waals surface area contributed by atoms with Crippen molar-refractivity contribution in [1.82, 2.24) is 19.7 Å². The van der Waals surface area contributed by atoms with E-state index in [0.29, 0.717) is 6.54 Å². The lowest BCUT2D eigenvalue weighted by atomic mass is 10.3. The quantitative estimate of drug-likeness (QED) is 0.749. The minimum Gasteiger partial charge on any atom is -0.477 e. The van der Waals surface area contributed by atoms with E-state index < -0.39 is 5.97 Å². The molecule has 3 heterocycles. The van der Waals surface area contributed by atoms with Gasteiger partial charge in [-0.05, 0) is 17.7 Å². The number of rotatable bonds is 6. The van der Waals surface area contributed by atoms with Crippen LogP contribution in [0.2, 0.25) is 0 Å². The molecule has 0 aliphatic carbocycles. The summed E-state index contributed by atoms with van der Waals surface area (Å²) in [5.41, 5.74) is 1.79. The van der Waals surface area contributed by atoms with E-state index in [1.807, 2.05) is 18.2 Å². The lowest BCUT2D eigenvalue weighted by Crippen LogP contribution is -2.02. The number of ether oxygens (including phenoxy) is 1. The van der Waals surface area contributed by atoms with Crippen molar-refractivity contribution in [3.05, 3.63) is 71.9 Å². The molecular weight excluding hydrogens is 296 g/mol. The van der Waals surface area contributed by atoms with Crippen LogP contribution in [0.15, 0.2) is 55.2 Å². The Bertz CT molecular complexity index is 788. The monoisotopic (exact) mass is 310 g/mol. The first-order chi connectivity index (χ1) is 11.2. The van der Waals surface area contributed by atoms with E-state index in [9.17, 15) is 9.90 Å². The van der Waals surface area contributed by atoms with Gasteiger partial charge in [-0.25, -0.2) is 4.79 Å². The van der Waals surface area contributed by atoms with Crippen LogP contribution in [0.4, 0.5) is 0 Å². The molecule has 0 radical (unpaired) electrons. The van der Waals surface area contributed by atoms with Crippen LogP contribution in [0.1, 0.15) is 21.5 Å². The van der Waals surface area contributed by atoms with Crippen LogP contribution in [-0.4, -0.2) is 30.8 Å². The summed E-state index contributed by atoms with van der Waals surface area (Å²) in [4.78, 5) is 19.4. The number of hydrogen-bond donors (Lipinski definition) is 1. The molecule has 0 fully saturated rings. The van der Waals surface area contributed by atoms with Crippen LogP contribution in [0.3, 0.4) is 0 Å². The summed E-state index contributed by atoms with van der Waals surface area (Å²) in [5, 5.41) is 13.5. The summed E-state index contributed by atoms with van der Waals surface area (Å²) in [6, 6.07) is 7.35. The van der Waals surface area contributed by atoms with Crippen LogP contribution < -0.4 is 4.74 Å². The SMILES string of the molecule is O=C(O)c1cn(Cc2cccnc2)nc1OCc1cccnc1. The van der Waals surface area contributed by atoms with Gasteiger partial charge in [0.25, 0.3) is 0 Å². The van der Waals surface area contributed by atoms with E-state index in [1.54, 1.807) is 30.9 Å². The highest BCUT2D eigenvalue weighted by Gasteiger charge is 2.17. The minimum atomic E-state index is -1.08. The molecule has 0 atom stereocenters. The maximum absolute atomic E-state index is 11.3. The summed E-state index contributed by atoms with van der Waals surface area (Å²) in [7, 11) is 0. The number of carbonyl (C=O) groups is 1. The third kappa shape index (κ3) is 3.70. The van der Waals surface area contributed by atoms with E-state index in [-0.39, 0.29) is 18.1 Å². The van der Waals surface area contributed by atoms with Crippen molar-refractivity contribution in [2.45, 2.75) is 13.2 Å². The molecule has 0 saturated heterocycles. The average Bonchev–Trinajstić information content (AvgIpc) is 2.98. The Kier molecular flexibility index (Phi) is 4.28. The number of nitrogens with zero attached hydrogens (tertiary/aromatic N) is 4. The molecule has 0 spiro atoms. The molecule has 0 aromatic carbocycles. The zero-order chi connectivity index (χ0) is 16.1. The minimum absolute atomic E-state index is 0.0257. The molecule has 7 heteroatoms. The third-order valence-corrected chi connectivity index (χ3v) is 3.12. The summed E-state index contributed by atoms with van der Waals surface area (Å²) in [6.07, 6.45) is 8.16. The zero-order valence-corrected chi connectivity index (χ0v) is 12.2. The van der Waals surface area contributed by atoms with Crippen LogP contribution in [-0.2, 0) is 13.2 Å². The molecule has 116 valence electrons. The fraction of sp³-hybridized carbons (Fsp3) is 0.125. The van der Waals surface area contributed by atoms with Gasteiger partial charge in [-0.15, -0.1) is 5.10 Å². The van der Waals surface area contributed by atoms with Gasteiger partial charge in [0.2, 0.25) is 5.88 Å². The van der Waals surface area contributed by atoms with E-state index in [0.717, 1.165) is 11.1 Å². The Morgan fingerprint density at radius 1 is 1.13 bits per heavy atom. The summed E-state index contributed by atoms with van der Waals surface area (Å²) >= 11 is 0. The van der Waals surface area contributed by atoms with Crippen molar-refractivity contribution < 1.29 is 14.6 Å². The Morgan fingerprint density at radius 3 is 2.43 bits per heavy atom. The molecular formula is C16H14N4O3. The maximum Gasteiger partial charge on any atom is 0.342 e. The summed E-state index contributed by atoms with van der Waals surface area (Å²) < 4.78 is 7.06. The predicted octanol–water partition coefficient (Wildman–Crippen LogP) is 2.00. The van der Waals surface area contributed by atoms with Crippen LogP contribution in [0.25, 0.3) is 0 Å². The lowest BCUT2D eigenvalue weighted by Gasteiger charge is -2.03. The second-order valence-electron chi connectivity index (χ2n) is 4.86. The maximum atomic E-state index is 11.3. The largest absolute Gasteiger partial charge is 0.477 e. The second kappa shape index (κ2) is 6.69. The van der Waals surface area contributed by atoms with Gasteiger partial charge in [-0.2, -0.15) is 0 Å². The molecule has 3 aromatic heterocycles. The van der Waals surface area contributed by atoms with E-state index >= 15 is 0 Å². The highest BCUT2D eigenvalue weighted by Crippen LogP contribution is 2.18. The van der Waals surface area contributed by atoms with Crippen LogP contribution in [0.5, 0.6) is 5.88 Å². The van der Waals surface area contributed by atoms with Crippen molar-refractivity contribution in [1.29, 1.82) is 0 Å². The van der Waals surface area contributed by atoms with Crippen molar-refractivity contribution in [3.8, 4) is 5.88 Å². The van der Waals surface area contributed by atoms with Gasteiger partial charge in [-0.1, -0.05) is 12.1 Å². The van der Waals surface area contributed by atoms with Gasteiger partial charge in [0.15, 0.2) is 0 Å². The Balaban J connectivity index is 1.77. The highest BCUT2D eigenvalue weighted by atomic mass is 16.5. The number of hydrogen-bond acceptors (Lipinski definition) is 5. The predicted molar refractivity (Wildman–Crippen MR) is 81.1 cm³/mol. The van der Waals surface area contributed by atoms with Gasteiger partial charge in [0.1, 0.15) is 12.2 Å². The van der Waals surface area contributed by atoms with E-state index in [1.165, 1.54) is 10.9 Å². The fourth-order valence-electron chi connectivity index (χ4n) is 2.05. The molecule has 23 heavy (non-hydrogen) atoms. The highest BCUT2D eigenvalue weighted by molar-refractivity contribution is 5.89. The third-order valence-electron chi connectivity index (χ3n) is 3.12. The Labute approximate surface area is 132 Å². The fourth-order valence-corrected chi connectivity index (χ4v) is 2.05. The second-order valence-corrected chi connectivity index (χ2v) is 4.86. The number of aromatic carboxylic acids is 1. The number of pyridine rings is 2. The van der Waals surface area contributed by atoms with E-state index in [2.05, 4.69) is 15.1 Å². The summed E-state index contributed by atoms with van der Waals surface area (Å²) in [5.74, 6) is -0.992. The van der Waals surface area contributed by atoms with E-state index in [4.69, 9.17) is 4.74 Å². The molecule has 0 aliphatic rings. The number of carboxylic acid groups (broad SMARTS) is 1. The zero-order valence-electron chi connectivity index (χ0n) is 12.2. The molecule has 0 bridgehead atoms. The summed E-state index contributed by atoms with van der Waals surface area (Å²) in [6.45, 7) is 0.627. The first-order valence-electron chi connectivity index (χ1n) is 6.94. The molecule has 0 aliphatic heterocycles. The molecule has 3 aromatic rings. The average molecular weight is 310 g/mol. The molecule has 3 rings (SSSR count). The first kappa shape index (κ1) is 14.7. The molecule has 0 saturated carbocycles. The number of carboxylic acids is 1. The van der Waals surface area contributed by atoms with Gasteiger partial charge < -0.3 is 9.84 Å².